The van der Waals surface area contributed by atoms with Crippen molar-refractivity contribution in [3.63, 3.8) is 0 Å². The molecule has 1 unspecified atom stereocenters. The van der Waals surface area contributed by atoms with Gasteiger partial charge in [-0.3, -0.25) is 4.79 Å². The zero-order chi connectivity index (χ0) is 7.56. The van der Waals surface area contributed by atoms with Crippen molar-refractivity contribution in [1.29, 1.82) is 5.41 Å². The second-order valence-corrected chi connectivity index (χ2v) is 2.64. The summed E-state index contributed by atoms with van der Waals surface area (Å²) in [6.07, 6.45) is 3.85. The summed E-state index contributed by atoms with van der Waals surface area (Å²) in [5.74, 6) is 0.378. The zero-order valence-corrected chi connectivity index (χ0v) is 5.89. The van der Waals surface area contributed by atoms with Gasteiger partial charge in [0.1, 0.15) is 0 Å². The van der Waals surface area contributed by atoms with Crippen LogP contribution in [0.15, 0.2) is 12.7 Å². The fourth-order valence-corrected chi connectivity index (χ4v) is 1.15. The molecule has 2 heteroatoms. The van der Waals surface area contributed by atoms with Crippen LogP contribution in [-0.2, 0) is 4.79 Å². The van der Waals surface area contributed by atoms with Crippen LogP contribution in [0, 0.1) is 11.3 Å². The van der Waals surface area contributed by atoms with Crippen LogP contribution < -0.4 is 0 Å². The van der Waals surface area contributed by atoms with Gasteiger partial charge in [-0.1, -0.05) is 6.08 Å². The predicted octanol–water partition coefficient (Wildman–Crippen LogP) is 1.56. The van der Waals surface area contributed by atoms with Crippen LogP contribution in [0.5, 0.6) is 0 Å². The first-order valence-electron chi connectivity index (χ1n) is 3.47. The van der Waals surface area contributed by atoms with Crippen LogP contribution in [-0.4, -0.2) is 11.5 Å². The number of allylic oxidation sites excluding steroid dienone is 1. The van der Waals surface area contributed by atoms with Gasteiger partial charge in [0.25, 0.3) is 0 Å². The van der Waals surface area contributed by atoms with E-state index < -0.39 is 0 Å². The summed E-state index contributed by atoms with van der Waals surface area (Å²) in [4.78, 5) is 10.8. The number of nitrogens with one attached hydrogen (secondary N) is 1. The maximum atomic E-state index is 10.8. The maximum absolute atomic E-state index is 10.8. The van der Waals surface area contributed by atoms with Crippen molar-refractivity contribution in [2.45, 2.75) is 19.3 Å². The Morgan fingerprint density at radius 1 is 1.70 bits per heavy atom. The quantitative estimate of drug-likeness (QED) is 0.547. The molecule has 2 nitrogen and oxygen atoms in total. The normalized spacial score (nSPS) is 26.6. The van der Waals surface area contributed by atoms with Crippen molar-refractivity contribution in [2.75, 3.05) is 0 Å². The molecule has 1 saturated carbocycles. The molecule has 0 radical (unpaired) electrons. The molecule has 0 aliphatic heterocycles. The van der Waals surface area contributed by atoms with E-state index in [-0.39, 0.29) is 11.5 Å². The number of Topliss-reactive ketones (excluding diaryl/α,β-unsaturated/α-hetero) is 1. The van der Waals surface area contributed by atoms with Crippen molar-refractivity contribution in [2.24, 2.45) is 5.92 Å². The van der Waals surface area contributed by atoms with Crippen LogP contribution >= 0.6 is 0 Å². The summed E-state index contributed by atoms with van der Waals surface area (Å²) in [6.45, 7) is 3.64. The molecule has 1 rings (SSSR count). The molecule has 0 aromatic carbocycles. The van der Waals surface area contributed by atoms with Gasteiger partial charge in [0.2, 0.25) is 0 Å². The highest BCUT2D eigenvalue weighted by molar-refractivity contribution is 6.39. The van der Waals surface area contributed by atoms with Gasteiger partial charge < -0.3 is 5.41 Å². The minimum Gasteiger partial charge on any atom is -0.302 e. The molecule has 0 bridgehead atoms. The molecule has 1 N–H and O–H groups in total. The molecule has 54 valence electrons. The molecular formula is C8H11NO. The monoisotopic (exact) mass is 137 g/mol. The smallest absolute Gasteiger partial charge is 0.176 e. The lowest BCUT2D eigenvalue weighted by Crippen LogP contribution is -2.22. The Kier molecular flexibility index (Phi) is 2.00. The third-order valence-corrected chi connectivity index (χ3v) is 1.88. The topological polar surface area (TPSA) is 40.9 Å². The van der Waals surface area contributed by atoms with Crippen molar-refractivity contribution in [3.05, 3.63) is 12.7 Å². The van der Waals surface area contributed by atoms with E-state index >= 15 is 0 Å². The van der Waals surface area contributed by atoms with E-state index in [2.05, 4.69) is 6.58 Å². The minimum atomic E-state index is 0.0121. The number of ketones is 1. The second kappa shape index (κ2) is 2.78. The summed E-state index contributed by atoms with van der Waals surface area (Å²) < 4.78 is 0. The predicted molar refractivity (Wildman–Crippen MR) is 40.3 cm³/mol. The fourth-order valence-electron chi connectivity index (χ4n) is 1.15. The van der Waals surface area contributed by atoms with E-state index in [4.69, 9.17) is 5.41 Å². The Hall–Kier alpha value is -0.920. The third kappa shape index (κ3) is 1.32. The van der Waals surface area contributed by atoms with Crippen LogP contribution in [0.1, 0.15) is 19.3 Å². The molecule has 0 spiro atoms. The highest BCUT2D eigenvalue weighted by Crippen LogP contribution is 2.19. The molecular weight excluding hydrogens is 126 g/mol. The number of carbonyl (C=O) groups is 1. The molecule has 1 fully saturated rings. The molecule has 0 aromatic heterocycles. The average molecular weight is 137 g/mol. The van der Waals surface area contributed by atoms with Gasteiger partial charge in [-0.15, -0.1) is 6.58 Å². The molecule has 1 aliphatic rings. The molecule has 0 aromatic rings. The van der Waals surface area contributed by atoms with Crippen LogP contribution in [0.4, 0.5) is 0 Å². The van der Waals surface area contributed by atoms with E-state index in [0.717, 1.165) is 6.42 Å². The number of hydrogen-bond acceptors (Lipinski definition) is 2. The van der Waals surface area contributed by atoms with E-state index in [1.165, 1.54) is 0 Å². The largest absolute Gasteiger partial charge is 0.302 e. The van der Waals surface area contributed by atoms with Gasteiger partial charge in [0.05, 0.1) is 5.71 Å². The van der Waals surface area contributed by atoms with Gasteiger partial charge in [-0.05, 0) is 18.8 Å². The number of carbonyl (C=O) groups excluding carboxylic acids is 1. The second-order valence-electron chi connectivity index (χ2n) is 2.64. The van der Waals surface area contributed by atoms with Crippen LogP contribution in [0.2, 0.25) is 0 Å². The van der Waals surface area contributed by atoms with Crippen molar-refractivity contribution < 1.29 is 4.79 Å². The molecule has 1 atom stereocenters. The van der Waals surface area contributed by atoms with Crippen molar-refractivity contribution in [1.82, 2.24) is 0 Å². The lowest BCUT2D eigenvalue weighted by molar-refractivity contribution is -0.113. The molecule has 1 aliphatic carbocycles. The van der Waals surface area contributed by atoms with Gasteiger partial charge >= 0.3 is 0 Å². The minimum absolute atomic E-state index is 0.0121. The highest BCUT2D eigenvalue weighted by Gasteiger charge is 2.20. The van der Waals surface area contributed by atoms with E-state index in [0.29, 0.717) is 18.8 Å². The Morgan fingerprint density at radius 2 is 2.40 bits per heavy atom. The molecule has 0 heterocycles. The Labute approximate surface area is 60.4 Å². The van der Waals surface area contributed by atoms with Gasteiger partial charge in [0, 0.05) is 6.42 Å². The van der Waals surface area contributed by atoms with E-state index in [1.807, 2.05) is 6.08 Å². The highest BCUT2D eigenvalue weighted by atomic mass is 16.1. The standard InChI is InChI=1S/C8H11NO/c1-2-6-3-4-8(10)7(9)5-6/h2,6,9H,1,3-5H2. The molecule has 0 amide bonds. The Balaban J connectivity index is 2.56. The Bertz CT molecular complexity index is 184. The Morgan fingerprint density at radius 3 is 2.90 bits per heavy atom. The maximum Gasteiger partial charge on any atom is 0.176 e. The van der Waals surface area contributed by atoms with Crippen molar-refractivity contribution >= 4 is 11.5 Å². The number of hydrogen-bond donors (Lipinski definition) is 1. The fraction of sp³-hybridized carbons (Fsp3) is 0.500. The summed E-state index contributed by atoms with van der Waals surface area (Å²) in [5, 5.41) is 7.23. The third-order valence-electron chi connectivity index (χ3n) is 1.88. The summed E-state index contributed by atoms with van der Waals surface area (Å²) in [5.41, 5.74) is 0.274. The number of rotatable bonds is 1. The molecule has 10 heavy (non-hydrogen) atoms. The van der Waals surface area contributed by atoms with E-state index in [1.54, 1.807) is 0 Å². The first-order chi connectivity index (χ1) is 4.74. The van der Waals surface area contributed by atoms with Gasteiger partial charge in [-0.2, -0.15) is 0 Å². The summed E-state index contributed by atoms with van der Waals surface area (Å²) in [7, 11) is 0. The first kappa shape index (κ1) is 7.19. The van der Waals surface area contributed by atoms with Gasteiger partial charge in [-0.25, -0.2) is 0 Å². The van der Waals surface area contributed by atoms with E-state index in [9.17, 15) is 4.79 Å². The first-order valence-corrected chi connectivity index (χ1v) is 3.47. The summed E-state index contributed by atoms with van der Waals surface area (Å²) >= 11 is 0. The zero-order valence-electron chi connectivity index (χ0n) is 5.89. The SMILES string of the molecule is C=CC1CCC(=O)C(=N)C1. The molecule has 0 saturated heterocycles. The van der Waals surface area contributed by atoms with Crippen LogP contribution in [0.3, 0.4) is 0 Å². The van der Waals surface area contributed by atoms with Crippen LogP contribution in [0.25, 0.3) is 0 Å². The summed E-state index contributed by atoms with van der Waals surface area (Å²) in [6, 6.07) is 0. The van der Waals surface area contributed by atoms with Gasteiger partial charge in [0.15, 0.2) is 5.78 Å². The lowest BCUT2D eigenvalue weighted by Gasteiger charge is -2.17. The lowest BCUT2D eigenvalue weighted by atomic mass is 9.87. The average Bonchev–Trinajstić information content (AvgIpc) is 1.95. The van der Waals surface area contributed by atoms with Crippen molar-refractivity contribution in [3.8, 4) is 0 Å².